The number of aliphatic hydroxyl groups is 5. The molecule has 5 fully saturated rings. The lowest BCUT2D eigenvalue weighted by Gasteiger charge is -2.51. The second-order valence-corrected chi connectivity index (χ2v) is 11.1. The lowest BCUT2D eigenvalue weighted by atomic mass is 9.58. The summed E-state index contributed by atoms with van der Waals surface area (Å²) in [7, 11) is 0. The lowest BCUT2D eigenvalue weighted by Crippen LogP contribution is -2.63. The summed E-state index contributed by atoms with van der Waals surface area (Å²) < 4.78 is 5.83. The largest absolute Gasteiger partial charge is 0.390 e. The molecular weight excluding hydrogens is 336 g/mol. The van der Waals surface area contributed by atoms with Gasteiger partial charge in [0.15, 0.2) is 0 Å². The smallest absolute Gasteiger partial charge is 0.106 e. The van der Waals surface area contributed by atoms with E-state index in [1.165, 1.54) is 0 Å². The molecule has 0 unspecified atom stereocenters. The summed E-state index contributed by atoms with van der Waals surface area (Å²) in [6.07, 6.45) is 0.500. The topological polar surface area (TPSA) is 114 Å². The predicted molar refractivity (Wildman–Crippen MR) is 92.1 cm³/mol. The van der Waals surface area contributed by atoms with Gasteiger partial charge in [-0.1, -0.05) is 13.8 Å². The Kier molecular flexibility index (Phi) is 2.98. The summed E-state index contributed by atoms with van der Waals surface area (Å²) in [5.41, 5.74) is -6.43. The summed E-state index contributed by atoms with van der Waals surface area (Å²) in [5.74, 6) is -0.789. The van der Waals surface area contributed by atoms with Gasteiger partial charge in [0.1, 0.15) is 5.60 Å². The molecule has 148 valence electrons. The average Bonchev–Trinajstić information content (AvgIpc) is 3.18. The Hall–Kier alpha value is -0.240. The van der Waals surface area contributed by atoms with E-state index in [2.05, 4.69) is 0 Å². The van der Waals surface area contributed by atoms with Crippen LogP contribution in [0.2, 0.25) is 0 Å². The summed E-state index contributed by atoms with van der Waals surface area (Å²) in [6.45, 7) is 7.25. The number of hydrogen-bond acceptors (Lipinski definition) is 6. The van der Waals surface area contributed by atoms with Crippen LogP contribution in [0.1, 0.15) is 59.8 Å². The van der Waals surface area contributed by atoms with Crippen LogP contribution in [0.15, 0.2) is 0 Å². The van der Waals surface area contributed by atoms with Crippen LogP contribution >= 0.6 is 0 Å². The number of ether oxygens (including phenoxy) is 1. The van der Waals surface area contributed by atoms with Crippen LogP contribution in [-0.4, -0.2) is 66.2 Å². The van der Waals surface area contributed by atoms with Crippen LogP contribution in [0, 0.1) is 22.7 Å². The average molecular weight is 368 g/mol. The van der Waals surface area contributed by atoms with Gasteiger partial charge in [-0.3, -0.25) is 0 Å². The van der Waals surface area contributed by atoms with Gasteiger partial charge in [0.05, 0.1) is 35.1 Å². The van der Waals surface area contributed by atoms with Crippen molar-refractivity contribution < 1.29 is 30.3 Å². The van der Waals surface area contributed by atoms with Crippen molar-refractivity contribution in [2.24, 2.45) is 22.7 Å². The van der Waals surface area contributed by atoms with Gasteiger partial charge in [-0.25, -0.2) is 0 Å². The fourth-order valence-corrected chi connectivity index (χ4v) is 8.19. The molecule has 0 aromatic heterocycles. The molecule has 26 heavy (non-hydrogen) atoms. The zero-order valence-corrected chi connectivity index (χ0v) is 16.1. The standard InChI is InChI=1S/C20H32O6/c1-15(2)14-12(26-14)13-17(4,23)10-5-6-19(24)9-18(10,8-16(19,3)22)7-11(21)20(13,15)25/h10-14,21-25H,5-9H2,1-4H3/t10-,11+,12-,13-,14-,16+,17+,18+,19-,20+/m0/s1. The minimum atomic E-state index is -1.46. The third kappa shape index (κ3) is 1.64. The SMILES string of the molecule is CC1(C)[C@H]2O[C@H]2[C@H]2[C@](C)(O)[C@@H]3CC[C@]4(O)C[C@@]3(C[C@@H](O)[C@@]21O)C[C@@]4(C)O. The van der Waals surface area contributed by atoms with E-state index in [0.29, 0.717) is 25.7 Å². The second kappa shape index (κ2) is 4.34. The Morgan fingerprint density at radius 2 is 1.62 bits per heavy atom. The molecule has 0 radical (unpaired) electrons. The van der Waals surface area contributed by atoms with E-state index < -0.39 is 45.3 Å². The van der Waals surface area contributed by atoms with E-state index >= 15 is 0 Å². The van der Waals surface area contributed by atoms with Gasteiger partial charge in [-0.15, -0.1) is 0 Å². The molecule has 4 aliphatic carbocycles. The Balaban J connectivity index is 1.68. The van der Waals surface area contributed by atoms with Crippen molar-refractivity contribution in [3.63, 3.8) is 0 Å². The van der Waals surface area contributed by atoms with Gasteiger partial charge < -0.3 is 30.3 Å². The highest BCUT2D eigenvalue weighted by Crippen LogP contribution is 2.73. The van der Waals surface area contributed by atoms with Crippen LogP contribution in [0.25, 0.3) is 0 Å². The van der Waals surface area contributed by atoms with Gasteiger partial charge in [0, 0.05) is 11.3 Å². The van der Waals surface area contributed by atoms with Gasteiger partial charge in [0.2, 0.25) is 0 Å². The molecule has 0 aromatic rings. The number of aliphatic hydroxyl groups excluding tert-OH is 1. The first kappa shape index (κ1) is 17.8. The van der Waals surface area contributed by atoms with E-state index in [1.807, 2.05) is 13.8 Å². The van der Waals surface area contributed by atoms with Gasteiger partial charge in [-0.2, -0.15) is 0 Å². The highest BCUT2D eigenvalue weighted by molar-refractivity contribution is 5.31. The molecule has 0 amide bonds. The third-order valence-electron chi connectivity index (χ3n) is 9.44. The highest BCUT2D eigenvalue weighted by Gasteiger charge is 2.82. The zero-order valence-electron chi connectivity index (χ0n) is 16.1. The van der Waals surface area contributed by atoms with Crippen LogP contribution in [-0.2, 0) is 4.74 Å². The first-order valence-electron chi connectivity index (χ1n) is 9.96. The van der Waals surface area contributed by atoms with E-state index in [4.69, 9.17) is 4.74 Å². The summed E-state index contributed by atoms with van der Waals surface area (Å²) in [4.78, 5) is 0. The van der Waals surface area contributed by atoms with Gasteiger partial charge in [-0.05, 0) is 57.3 Å². The molecule has 0 aromatic carbocycles. The number of rotatable bonds is 0. The monoisotopic (exact) mass is 368 g/mol. The Morgan fingerprint density at radius 1 is 0.962 bits per heavy atom. The van der Waals surface area contributed by atoms with Crippen LogP contribution in [0.3, 0.4) is 0 Å². The van der Waals surface area contributed by atoms with Crippen LogP contribution in [0.4, 0.5) is 0 Å². The van der Waals surface area contributed by atoms with E-state index in [0.717, 1.165) is 0 Å². The maximum Gasteiger partial charge on any atom is 0.106 e. The van der Waals surface area contributed by atoms with Gasteiger partial charge in [0.25, 0.3) is 0 Å². The van der Waals surface area contributed by atoms with Crippen molar-refractivity contribution in [2.75, 3.05) is 0 Å². The quantitative estimate of drug-likeness (QED) is 0.394. The minimum Gasteiger partial charge on any atom is -0.390 e. The maximum absolute atomic E-state index is 11.8. The molecule has 5 aliphatic rings. The van der Waals surface area contributed by atoms with Gasteiger partial charge >= 0.3 is 0 Å². The molecule has 1 spiro atoms. The fourth-order valence-electron chi connectivity index (χ4n) is 8.19. The third-order valence-corrected chi connectivity index (χ3v) is 9.44. The van der Waals surface area contributed by atoms with Crippen molar-refractivity contribution >= 4 is 0 Å². The van der Waals surface area contributed by atoms with Crippen molar-refractivity contribution in [2.45, 2.75) is 101 Å². The Labute approximate surface area is 154 Å². The first-order valence-corrected chi connectivity index (χ1v) is 9.96. The first-order chi connectivity index (χ1) is 11.7. The molecular formula is C20H32O6. The molecule has 1 aliphatic heterocycles. The van der Waals surface area contributed by atoms with Crippen LogP contribution in [0.5, 0.6) is 0 Å². The second-order valence-electron chi connectivity index (χ2n) is 11.1. The molecule has 6 nitrogen and oxygen atoms in total. The molecule has 1 saturated heterocycles. The summed E-state index contributed by atoms with van der Waals surface area (Å²) in [6, 6.07) is 0. The molecule has 2 bridgehead atoms. The number of epoxide rings is 1. The summed E-state index contributed by atoms with van der Waals surface area (Å²) >= 11 is 0. The molecule has 5 rings (SSSR count). The fraction of sp³-hybridized carbons (Fsp3) is 1.00. The molecule has 1 heterocycles. The Morgan fingerprint density at radius 3 is 2.27 bits per heavy atom. The van der Waals surface area contributed by atoms with E-state index in [9.17, 15) is 25.5 Å². The number of hydrogen-bond donors (Lipinski definition) is 5. The van der Waals surface area contributed by atoms with Crippen molar-refractivity contribution in [1.82, 2.24) is 0 Å². The zero-order chi connectivity index (χ0) is 19.1. The van der Waals surface area contributed by atoms with Crippen molar-refractivity contribution in [1.29, 1.82) is 0 Å². The molecule has 10 atom stereocenters. The van der Waals surface area contributed by atoms with Crippen molar-refractivity contribution in [3.8, 4) is 0 Å². The summed E-state index contributed by atoms with van der Waals surface area (Å²) in [5, 5.41) is 56.8. The van der Waals surface area contributed by atoms with Crippen LogP contribution < -0.4 is 0 Å². The maximum atomic E-state index is 11.8. The highest BCUT2D eigenvalue weighted by atomic mass is 16.6. The Bertz CT molecular complexity index is 669. The molecule has 6 heteroatoms. The lowest BCUT2D eigenvalue weighted by molar-refractivity contribution is -0.222. The van der Waals surface area contributed by atoms with E-state index in [1.54, 1.807) is 13.8 Å². The number of fused-ring (bicyclic) bond motifs is 4. The van der Waals surface area contributed by atoms with E-state index in [-0.39, 0.29) is 24.5 Å². The van der Waals surface area contributed by atoms with Crippen molar-refractivity contribution in [3.05, 3.63) is 0 Å². The predicted octanol–water partition coefficient (Wildman–Crippen LogP) is 0.329. The minimum absolute atomic E-state index is 0.153. The normalized spacial score (nSPS) is 68.0. The molecule has 5 N–H and O–H groups in total. The molecule has 4 saturated carbocycles.